The van der Waals surface area contributed by atoms with Crippen LogP contribution >= 0.6 is 12.2 Å². The van der Waals surface area contributed by atoms with E-state index in [0.717, 1.165) is 18.3 Å². The largest absolute Gasteiger partial charge is 0.271 e. The second-order valence-corrected chi connectivity index (χ2v) is 10.7. The van der Waals surface area contributed by atoms with Gasteiger partial charge in [-0.1, -0.05) is 66.9 Å². The molecule has 1 aromatic carbocycles. The van der Waals surface area contributed by atoms with Crippen molar-refractivity contribution in [3.05, 3.63) is 34.1 Å². The van der Waals surface area contributed by atoms with Gasteiger partial charge in [-0.2, -0.15) is 4.98 Å². The molecule has 0 radical (unpaired) electrons. The van der Waals surface area contributed by atoms with Gasteiger partial charge in [-0.3, -0.25) is 9.78 Å². The number of benzene rings is 1. The maximum atomic E-state index is 5.41. The summed E-state index contributed by atoms with van der Waals surface area (Å²) in [7, 11) is 0. The summed E-state index contributed by atoms with van der Waals surface area (Å²) in [5.41, 5.74) is 4.07. The second kappa shape index (κ2) is 7.54. The predicted octanol–water partition coefficient (Wildman–Crippen LogP) is 6.78. The van der Waals surface area contributed by atoms with Crippen LogP contribution in [0.25, 0.3) is 11.4 Å². The highest BCUT2D eigenvalue weighted by molar-refractivity contribution is 7.71. The van der Waals surface area contributed by atoms with Gasteiger partial charge in [0.15, 0.2) is 5.82 Å². The number of hydrogen-bond donors (Lipinski definition) is 1. The van der Waals surface area contributed by atoms with E-state index in [-0.39, 0.29) is 10.8 Å². The van der Waals surface area contributed by atoms with Crippen molar-refractivity contribution in [2.24, 2.45) is 5.92 Å². The first-order valence-electron chi connectivity index (χ1n) is 10.4. The molecule has 0 spiro atoms. The van der Waals surface area contributed by atoms with E-state index in [1.165, 1.54) is 48.8 Å². The zero-order valence-corrected chi connectivity index (χ0v) is 18.7. The molecule has 3 rings (SSSR count). The summed E-state index contributed by atoms with van der Waals surface area (Å²) >= 11 is 5.41. The van der Waals surface area contributed by atoms with Crippen LogP contribution in [0.4, 0.5) is 0 Å². The first kappa shape index (κ1) is 20.3. The Kier molecular flexibility index (Phi) is 5.67. The molecule has 1 heterocycles. The van der Waals surface area contributed by atoms with Crippen LogP contribution in [-0.4, -0.2) is 14.8 Å². The Hall–Kier alpha value is -1.42. The molecule has 0 aliphatic heterocycles. The lowest BCUT2D eigenvalue weighted by molar-refractivity contribution is 0.309. The molecule has 1 saturated carbocycles. The van der Waals surface area contributed by atoms with Crippen LogP contribution < -0.4 is 0 Å². The molecule has 0 unspecified atom stereocenters. The SMILES string of the molecule is CC(C)(C)c1cc(-c2nc(=S)[nH]n2CC2CCCCC2)cc(C(C)(C)C)c1. The molecule has 3 nitrogen and oxygen atoms in total. The van der Waals surface area contributed by atoms with Crippen molar-refractivity contribution in [1.82, 2.24) is 14.8 Å². The van der Waals surface area contributed by atoms with Crippen LogP contribution in [0.1, 0.15) is 84.8 Å². The summed E-state index contributed by atoms with van der Waals surface area (Å²) < 4.78 is 2.78. The minimum atomic E-state index is 0.0946. The fourth-order valence-electron chi connectivity index (χ4n) is 3.95. The van der Waals surface area contributed by atoms with Gasteiger partial charge >= 0.3 is 0 Å². The lowest BCUT2D eigenvalue weighted by Crippen LogP contribution is -2.18. The fourth-order valence-corrected chi connectivity index (χ4v) is 4.15. The number of nitrogens with zero attached hydrogens (tertiary/aromatic N) is 2. The molecule has 27 heavy (non-hydrogen) atoms. The number of nitrogens with one attached hydrogen (secondary N) is 1. The van der Waals surface area contributed by atoms with Crippen LogP contribution in [0.3, 0.4) is 0 Å². The van der Waals surface area contributed by atoms with Crippen LogP contribution in [0, 0.1) is 10.7 Å². The molecule has 1 aliphatic rings. The Balaban J connectivity index is 2.06. The fraction of sp³-hybridized carbons (Fsp3) is 0.652. The van der Waals surface area contributed by atoms with E-state index in [1.54, 1.807) is 0 Å². The molecule has 1 aliphatic carbocycles. The van der Waals surface area contributed by atoms with Crippen LogP contribution in [0.5, 0.6) is 0 Å². The maximum absolute atomic E-state index is 5.41. The standard InChI is InChI=1S/C23H35N3S/c1-22(2,3)18-12-17(13-19(14-18)23(4,5)6)20-24-21(27)25-26(20)15-16-10-8-7-9-11-16/h12-14,16H,7-11,15H2,1-6H3,(H,25,27). The lowest BCUT2D eigenvalue weighted by Gasteiger charge is -2.26. The Morgan fingerprint density at radius 3 is 2.04 bits per heavy atom. The monoisotopic (exact) mass is 385 g/mol. The van der Waals surface area contributed by atoms with Gasteiger partial charge in [0.2, 0.25) is 4.77 Å². The maximum Gasteiger partial charge on any atom is 0.213 e. The van der Waals surface area contributed by atoms with Crippen molar-refractivity contribution >= 4 is 12.2 Å². The van der Waals surface area contributed by atoms with Gasteiger partial charge in [-0.15, -0.1) is 0 Å². The van der Waals surface area contributed by atoms with Crippen molar-refractivity contribution < 1.29 is 0 Å². The average molecular weight is 386 g/mol. The third-order valence-electron chi connectivity index (χ3n) is 5.78. The smallest absolute Gasteiger partial charge is 0.213 e. The predicted molar refractivity (Wildman–Crippen MR) is 117 cm³/mol. The Bertz CT molecular complexity index is 807. The topological polar surface area (TPSA) is 33.6 Å². The van der Waals surface area contributed by atoms with E-state index in [4.69, 9.17) is 17.2 Å². The van der Waals surface area contributed by atoms with Gasteiger partial charge in [0.05, 0.1) is 0 Å². The molecule has 0 amide bonds. The Morgan fingerprint density at radius 1 is 0.963 bits per heavy atom. The quantitative estimate of drug-likeness (QED) is 0.591. The number of hydrogen-bond acceptors (Lipinski definition) is 2. The van der Waals surface area contributed by atoms with Crippen LogP contribution in [0.2, 0.25) is 0 Å². The van der Waals surface area contributed by atoms with Crippen LogP contribution in [0.15, 0.2) is 18.2 Å². The first-order valence-corrected chi connectivity index (χ1v) is 10.8. The average Bonchev–Trinajstić information content (AvgIpc) is 2.94. The summed E-state index contributed by atoms with van der Waals surface area (Å²) in [6.45, 7) is 14.6. The zero-order valence-electron chi connectivity index (χ0n) is 17.9. The second-order valence-electron chi connectivity index (χ2n) is 10.3. The molecular weight excluding hydrogens is 350 g/mol. The van der Waals surface area contributed by atoms with Crippen LogP contribution in [-0.2, 0) is 17.4 Å². The van der Waals surface area contributed by atoms with E-state index in [9.17, 15) is 0 Å². The van der Waals surface area contributed by atoms with Gasteiger partial charge in [0.1, 0.15) is 0 Å². The lowest BCUT2D eigenvalue weighted by atomic mass is 9.79. The molecule has 0 saturated heterocycles. The molecule has 1 aromatic heterocycles. The Morgan fingerprint density at radius 2 is 1.52 bits per heavy atom. The van der Waals surface area contributed by atoms with Crippen molar-refractivity contribution in [1.29, 1.82) is 0 Å². The van der Waals surface area contributed by atoms with E-state index in [1.807, 2.05) is 0 Å². The van der Waals surface area contributed by atoms with Crippen molar-refractivity contribution in [3.8, 4) is 11.4 Å². The van der Waals surface area contributed by atoms with Crippen molar-refractivity contribution in [3.63, 3.8) is 0 Å². The van der Waals surface area contributed by atoms with E-state index in [0.29, 0.717) is 4.77 Å². The molecule has 0 bridgehead atoms. The highest BCUT2D eigenvalue weighted by Crippen LogP contribution is 2.34. The Labute approximate surface area is 169 Å². The third kappa shape index (κ3) is 4.90. The number of aromatic nitrogens is 3. The molecule has 1 N–H and O–H groups in total. The minimum Gasteiger partial charge on any atom is -0.271 e. The highest BCUT2D eigenvalue weighted by atomic mass is 32.1. The summed E-state index contributed by atoms with van der Waals surface area (Å²) in [4.78, 5) is 4.71. The zero-order chi connectivity index (χ0) is 19.8. The number of H-pyrrole nitrogens is 1. The number of rotatable bonds is 3. The highest BCUT2D eigenvalue weighted by Gasteiger charge is 2.23. The van der Waals surface area contributed by atoms with E-state index >= 15 is 0 Å². The van der Waals surface area contributed by atoms with Crippen molar-refractivity contribution in [2.75, 3.05) is 0 Å². The summed E-state index contributed by atoms with van der Waals surface area (Å²) in [5.74, 6) is 1.72. The van der Waals surface area contributed by atoms with E-state index in [2.05, 4.69) is 69.5 Å². The molecule has 0 atom stereocenters. The molecule has 2 aromatic rings. The molecule has 1 fully saturated rings. The van der Waals surface area contributed by atoms with Gasteiger partial charge in [0.25, 0.3) is 0 Å². The van der Waals surface area contributed by atoms with Gasteiger partial charge in [-0.25, -0.2) is 0 Å². The van der Waals surface area contributed by atoms with Crippen molar-refractivity contribution in [2.45, 2.75) is 91.0 Å². The summed E-state index contributed by atoms with van der Waals surface area (Å²) in [6.07, 6.45) is 6.71. The first-order chi connectivity index (χ1) is 12.5. The van der Waals surface area contributed by atoms with Gasteiger partial charge < -0.3 is 0 Å². The van der Waals surface area contributed by atoms with Gasteiger partial charge in [-0.05, 0) is 65.1 Å². The van der Waals surface area contributed by atoms with Gasteiger partial charge in [0, 0.05) is 12.1 Å². The summed E-state index contributed by atoms with van der Waals surface area (Å²) in [5, 5.41) is 3.33. The molecule has 4 heteroatoms. The summed E-state index contributed by atoms with van der Waals surface area (Å²) in [6, 6.07) is 6.96. The molecule has 148 valence electrons. The third-order valence-corrected chi connectivity index (χ3v) is 5.97. The van der Waals surface area contributed by atoms with E-state index < -0.39 is 0 Å². The minimum absolute atomic E-state index is 0.0946. The normalized spacial score (nSPS) is 16.7. The number of aromatic amines is 1. The molecular formula is C23H35N3S.